The van der Waals surface area contributed by atoms with Crippen LogP contribution in [0.5, 0.6) is 5.88 Å². The summed E-state index contributed by atoms with van der Waals surface area (Å²) in [5.74, 6) is -0.225. The fraction of sp³-hybridized carbons (Fsp3) is 0.435. The number of benzene rings is 1. The Balaban J connectivity index is 1.90. The molecule has 2 aliphatic rings. The van der Waals surface area contributed by atoms with Crippen LogP contribution in [0.1, 0.15) is 31.5 Å². The van der Waals surface area contributed by atoms with Gasteiger partial charge in [-0.1, -0.05) is 0 Å². The average Bonchev–Trinajstić information content (AvgIpc) is 2.72. The predicted octanol–water partition coefficient (Wildman–Crippen LogP) is 2.49. The molecule has 4 rings (SSSR count). The number of pyridine rings is 1. The molecule has 6 heteroatoms. The van der Waals surface area contributed by atoms with Crippen molar-refractivity contribution in [3.63, 3.8) is 0 Å². The number of ketones is 1. The van der Waals surface area contributed by atoms with Gasteiger partial charge in [0.1, 0.15) is 0 Å². The van der Waals surface area contributed by atoms with Gasteiger partial charge in [-0.25, -0.2) is 0 Å². The van der Waals surface area contributed by atoms with Crippen LogP contribution in [0.15, 0.2) is 42.5 Å². The molecule has 5 nitrogen and oxygen atoms in total. The van der Waals surface area contributed by atoms with Crippen molar-refractivity contribution in [1.82, 2.24) is 4.98 Å². The molecule has 29 heavy (non-hydrogen) atoms. The molecule has 2 aliphatic carbocycles. The van der Waals surface area contributed by atoms with Crippen LogP contribution in [-0.2, 0) is 26.2 Å². The minimum absolute atomic E-state index is 0.0195. The molecule has 2 aromatic rings. The van der Waals surface area contributed by atoms with Gasteiger partial charge in [-0.2, -0.15) is 0 Å². The monoisotopic (exact) mass is 459 g/mol. The van der Waals surface area contributed by atoms with Crippen LogP contribution in [0.4, 0.5) is 0 Å². The van der Waals surface area contributed by atoms with Crippen LogP contribution < -0.4 is 9.20 Å². The Morgan fingerprint density at radius 3 is 2.52 bits per heavy atom. The minimum atomic E-state index is -1.33. The first-order valence-corrected chi connectivity index (χ1v) is 11.6. The average molecular weight is 458 g/mol. The van der Waals surface area contributed by atoms with E-state index >= 15 is 0 Å². The van der Waals surface area contributed by atoms with Crippen LogP contribution in [0.25, 0.3) is 0 Å². The number of fused-ring (bicyclic) bond motifs is 4. The Labute approximate surface area is 177 Å². The molecular weight excluding hydrogens is 433 g/mol. The van der Waals surface area contributed by atoms with E-state index in [9.17, 15) is 9.59 Å². The quantitative estimate of drug-likeness (QED) is 0.400. The summed E-state index contributed by atoms with van der Waals surface area (Å²) in [5, 5.41) is 0. The number of hydrogen-bond acceptors (Lipinski definition) is 5. The number of rotatable bonds is 4. The van der Waals surface area contributed by atoms with Crippen LogP contribution in [0, 0.1) is 11.3 Å². The summed E-state index contributed by atoms with van der Waals surface area (Å²) < 4.78 is 11.8. The second kappa shape index (κ2) is 7.26. The Bertz CT molecular complexity index is 959. The summed E-state index contributed by atoms with van der Waals surface area (Å²) >= 11 is 0.125. The molecule has 1 aromatic carbocycles. The summed E-state index contributed by atoms with van der Waals surface area (Å²) in [7, 11) is 2.94. The van der Waals surface area contributed by atoms with Crippen molar-refractivity contribution in [2.24, 2.45) is 11.3 Å². The SMILES string of the molecule is COC(=O)[C@]12C(=O)[C@H](Cc3nc(OC)ccc31)C[C@@H]([Se]c1ccccc1)C2(C)C. The van der Waals surface area contributed by atoms with Gasteiger partial charge in [0.2, 0.25) is 0 Å². The maximum atomic E-state index is 13.7. The van der Waals surface area contributed by atoms with Crippen molar-refractivity contribution in [3.05, 3.63) is 53.7 Å². The second-order valence-corrected chi connectivity index (χ2v) is 10.9. The number of aromatic nitrogens is 1. The molecule has 0 saturated heterocycles. The Morgan fingerprint density at radius 2 is 1.86 bits per heavy atom. The molecule has 1 fully saturated rings. The third-order valence-corrected chi connectivity index (χ3v) is 9.90. The summed E-state index contributed by atoms with van der Waals surface area (Å²) in [5.41, 5.74) is -0.476. The molecule has 0 aliphatic heterocycles. The number of hydrogen-bond donors (Lipinski definition) is 0. The fourth-order valence-electron chi connectivity index (χ4n) is 4.99. The zero-order chi connectivity index (χ0) is 20.8. The topological polar surface area (TPSA) is 65.5 Å². The molecule has 0 N–H and O–H groups in total. The first-order chi connectivity index (χ1) is 13.9. The summed E-state index contributed by atoms with van der Waals surface area (Å²) in [6.45, 7) is 4.10. The van der Waals surface area contributed by atoms with Crippen molar-refractivity contribution in [2.45, 2.75) is 36.9 Å². The Kier molecular flexibility index (Phi) is 5.04. The number of methoxy groups -OCH3 is 2. The molecule has 3 atom stereocenters. The van der Waals surface area contributed by atoms with Gasteiger partial charge in [0.15, 0.2) is 0 Å². The number of ether oxygens (including phenoxy) is 2. The van der Waals surface area contributed by atoms with Crippen molar-refractivity contribution in [3.8, 4) is 5.88 Å². The maximum absolute atomic E-state index is 13.7. The number of Topliss-reactive ketones (excluding diaryl/α,β-unsaturated/α-hetero) is 1. The molecule has 1 heterocycles. The summed E-state index contributed by atoms with van der Waals surface area (Å²) in [4.78, 5) is 31.9. The van der Waals surface area contributed by atoms with E-state index in [2.05, 4.69) is 17.1 Å². The molecule has 0 spiro atoms. The van der Waals surface area contributed by atoms with Gasteiger partial charge in [-0.15, -0.1) is 0 Å². The van der Waals surface area contributed by atoms with Crippen LogP contribution in [0.3, 0.4) is 0 Å². The van der Waals surface area contributed by atoms with Gasteiger partial charge in [0, 0.05) is 0 Å². The van der Waals surface area contributed by atoms with E-state index in [1.54, 1.807) is 13.2 Å². The molecule has 2 bridgehead atoms. The van der Waals surface area contributed by atoms with Crippen LogP contribution >= 0.6 is 0 Å². The van der Waals surface area contributed by atoms with Gasteiger partial charge in [-0.3, -0.25) is 0 Å². The molecule has 1 aromatic heterocycles. The fourth-order valence-corrected chi connectivity index (χ4v) is 8.02. The molecule has 0 radical (unpaired) electrons. The normalized spacial score (nSPS) is 27.1. The van der Waals surface area contributed by atoms with E-state index in [4.69, 9.17) is 9.47 Å². The molecular formula is C23H25NO4Se. The first-order valence-electron chi connectivity index (χ1n) is 9.75. The van der Waals surface area contributed by atoms with Gasteiger partial charge in [0.25, 0.3) is 0 Å². The Morgan fingerprint density at radius 1 is 1.14 bits per heavy atom. The van der Waals surface area contributed by atoms with Gasteiger partial charge < -0.3 is 0 Å². The standard InChI is InChI=1S/C23H25NO4Se/c1-22(2)18(29-15-8-6-5-7-9-15)13-14-12-17-16(10-11-19(24-17)27-3)23(22,20(14)25)21(26)28-4/h5-11,14,18H,12-13H2,1-4H3/t14-,18-,23-/m1/s1. The molecule has 0 unspecified atom stereocenters. The predicted molar refractivity (Wildman–Crippen MR) is 111 cm³/mol. The number of esters is 1. The van der Waals surface area contributed by atoms with Crippen LogP contribution in [-0.4, -0.2) is 45.9 Å². The number of carbonyl (C=O) groups is 2. The third-order valence-electron chi connectivity index (χ3n) is 6.53. The van der Waals surface area contributed by atoms with E-state index in [0.29, 0.717) is 17.9 Å². The van der Waals surface area contributed by atoms with Gasteiger partial charge in [0.05, 0.1) is 0 Å². The van der Waals surface area contributed by atoms with Crippen molar-refractivity contribution >= 4 is 31.2 Å². The number of carbonyl (C=O) groups excluding carboxylic acids is 2. The zero-order valence-corrected chi connectivity index (χ0v) is 18.8. The van der Waals surface area contributed by atoms with Gasteiger partial charge >= 0.3 is 177 Å². The van der Waals surface area contributed by atoms with Crippen LogP contribution in [0.2, 0.25) is 4.82 Å². The third kappa shape index (κ3) is 2.84. The van der Waals surface area contributed by atoms with E-state index in [1.165, 1.54) is 11.6 Å². The van der Waals surface area contributed by atoms with Crippen molar-refractivity contribution in [1.29, 1.82) is 0 Å². The van der Waals surface area contributed by atoms with E-state index in [1.807, 2.05) is 38.1 Å². The van der Waals surface area contributed by atoms with Crippen molar-refractivity contribution < 1.29 is 19.1 Å². The van der Waals surface area contributed by atoms with Gasteiger partial charge in [-0.05, 0) is 0 Å². The summed E-state index contributed by atoms with van der Waals surface area (Å²) in [6.07, 6.45) is 1.30. The molecule has 0 amide bonds. The molecule has 1 saturated carbocycles. The first kappa shape index (κ1) is 20.1. The second-order valence-electron chi connectivity index (χ2n) is 8.23. The van der Waals surface area contributed by atoms with E-state index in [-0.39, 0.29) is 31.5 Å². The number of nitrogens with zero attached hydrogens (tertiary/aromatic N) is 1. The Hall–Kier alpha value is -2.17. The molecule has 152 valence electrons. The van der Waals surface area contributed by atoms with E-state index < -0.39 is 16.8 Å². The van der Waals surface area contributed by atoms with E-state index in [0.717, 1.165) is 12.1 Å². The van der Waals surface area contributed by atoms with Crippen molar-refractivity contribution in [2.75, 3.05) is 14.2 Å². The summed E-state index contributed by atoms with van der Waals surface area (Å²) in [6, 6.07) is 13.9. The zero-order valence-electron chi connectivity index (χ0n) is 17.1.